The lowest BCUT2D eigenvalue weighted by molar-refractivity contribution is -0.131. The maximum Gasteiger partial charge on any atom is 0.328 e. The second kappa shape index (κ2) is 7.56. The van der Waals surface area contributed by atoms with E-state index in [0.717, 1.165) is 36.0 Å². The van der Waals surface area contributed by atoms with E-state index in [9.17, 15) is 4.79 Å². The summed E-state index contributed by atoms with van der Waals surface area (Å²) in [5.41, 5.74) is 1.87. The van der Waals surface area contributed by atoms with E-state index in [1.54, 1.807) is 12.3 Å². The number of rotatable bonds is 7. The van der Waals surface area contributed by atoms with E-state index in [-0.39, 0.29) is 0 Å². The molecule has 104 valence electrons. The molecule has 0 aromatic carbocycles. The summed E-state index contributed by atoms with van der Waals surface area (Å²) < 4.78 is 0. The van der Waals surface area contributed by atoms with Crippen LogP contribution in [0, 0.1) is 6.92 Å². The number of pyridine rings is 1. The van der Waals surface area contributed by atoms with Gasteiger partial charge in [0.05, 0.1) is 0 Å². The molecule has 0 saturated heterocycles. The fourth-order valence-electron chi connectivity index (χ4n) is 1.95. The van der Waals surface area contributed by atoms with Crippen molar-refractivity contribution in [3.63, 3.8) is 0 Å². The Kier molecular flexibility index (Phi) is 6.06. The fourth-order valence-corrected chi connectivity index (χ4v) is 1.95. The van der Waals surface area contributed by atoms with Crippen molar-refractivity contribution < 1.29 is 9.90 Å². The molecule has 0 fully saturated rings. The first-order chi connectivity index (χ1) is 9.04. The predicted octanol–water partition coefficient (Wildman–Crippen LogP) is 3.11. The zero-order valence-corrected chi connectivity index (χ0v) is 11.9. The van der Waals surface area contributed by atoms with Crippen LogP contribution in [0.2, 0.25) is 0 Å². The lowest BCUT2D eigenvalue weighted by atomic mass is 10.1. The van der Waals surface area contributed by atoms with Gasteiger partial charge in [0.1, 0.15) is 5.82 Å². The summed E-state index contributed by atoms with van der Waals surface area (Å²) in [5.74, 6) is 0.0157. The maximum atomic E-state index is 10.5. The SMILES string of the molecule is CCCCCN(C)c1ncc(/C=C/C(=O)O)cc1C. The number of carboxylic acids is 1. The van der Waals surface area contributed by atoms with Gasteiger partial charge in [0.2, 0.25) is 0 Å². The number of aryl methyl sites for hydroxylation is 1. The molecule has 0 aliphatic rings. The summed E-state index contributed by atoms with van der Waals surface area (Å²) in [7, 11) is 2.04. The summed E-state index contributed by atoms with van der Waals surface area (Å²) in [6.07, 6.45) is 7.99. The molecule has 1 aromatic heterocycles. The summed E-state index contributed by atoms with van der Waals surface area (Å²) in [4.78, 5) is 17.0. The fraction of sp³-hybridized carbons (Fsp3) is 0.467. The molecule has 1 N–H and O–H groups in total. The molecule has 0 bridgehead atoms. The van der Waals surface area contributed by atoms with Gasteiger partial charge in [-0.05, 0) is 36.6 Å². The number of unbranched alkanes of at least 4 members (excludes halogenated alkanes) is 2. The highest BCUT2D eigenvalue weighted by Gasteiger charge is 2.06. The van der Waals surface area contributed by atoms with Gasteiger partial charge in [-0.3, -0.25) is 0 Å². The van der Waals surface area contributed by atoms with Crippen molar-refractivity contribution in [2.24, 2.45) is 0 Å². The van der Waals surface area contributed by atoms with Crippen molar-refractivity contribution >= 4 is 17.9 Å². The second-order valence-corrected chi connectivity index (χ2v) is 4.71. The van der Waals surface area contributed by atoms with Crippen molar-refractivity contribution in [3.8, 4) is 0 Å². The van der Waals surface area contributed by atoms with E-state index in [4.69, 9.17) is 5.11 Å². The van der Waals surface area contributed by atoms with E-state index in [1.165, 1.54) is 12.8 Å². The first kappa shape index (κ1) is 15.2. The van der Waals surface area contributed by atoms with Crippen LogP contribution in [0.15, 0.2) is 18.3 Å². The van der Waals surface area contributed by atoms with Gasteiger partial charge in [-0.15, -0.1) is 0 Å². The van der Waals surface area contributed by atoms with Crippen LogP contribution in [-0.4, -0.2) is 29.7 Å². The van der Waals surface area contributed by atoms with Crippen molar-refractivity contribution in [3.05, 3.63) is 29.5 Å². The molecule has 0 radical (unpaired) electrons. The van der Waals surface area contributed by atoms with Crippen molar-refractivity contribution in [1.82, 2.24) is 4.98 Å². The molecule has 0 aliphatic heterocycles. The van der Waals surface area contributed by atoms with Gasteiger partial charge in [0.25, 0.3) is 0 Å². The largest absolute Gasteiger partial charge is 0.478 e. The molecule has 0 atom stereocenters. The van der Waals surface area contributed by atoms with Gasteiger partial charge < -0.3 is 10.0 Å². The molecule has 0 saturated carbocycles. The normalized spacial score (nSPS) is 10.9. The smallest absolute Gasteiger partial charge is 0.328 e. The Morgan fingerprint density at radius 2 is 2.21 bits per heavy atom. The maximum absolute atomic E-state index is 10.5. The third-order valence-electron chi connectivity index (χ3n) is 2.95. The summed E-state index contributed by atoms with van der Waals surface area (Å²) >= 11 is 0. The highest BCUT2D eigenvalue weighted by molar-refractivity contribution is 5.85. The third kappa shape index (κ3) is 5.12. The van der Waals surface area contributed by atoms with E-state index in [1.807, 2.05) is 20.0 Å². The number of nitrogens with zero attached hydrogens (tertiary/aromatic N) is 2. The summed E-state index contributed by atoms with van der Waals surface area (Å²) in [6, 6.07) is 1.96. The number of carboxylic acid groups (broad SMARTS) is 1. The monoisotopic (exact) mass is 262 g/mol. The Morgan fingerprint density at radius 3 is 2.79 bits per heavy atom. The van der Waals surface area contributed by atoms with Gasteiger partial charge in [-0.2, -0.15) is 0 Å². The second-order valence-electron chi connectivity index (χ2n) is 4.71. The van der Waals surface area contributed by atoms with E-state index < -0.39 is 5.97 Å². The minimum atomic E-state index is -0.946. The number of aromatic nitrogens is 1. The van der Waals surface area contributed by atoms with Gasteiger partial charge in [-0.1, -0.05) is 19.8 Å². The van der Waals surface area contributed by atoms with Gasteiger partial charge in [0, 0.05) is 25.9 Å². The van der Waals surface area contributed by atoms with E-state index in [0.29, 0.717) is 0 Å². The Balaban J connectivity index is 2.73. The first-order valence-electron chi connectivity index (χ1n) is 6.63. The topological polar surface area (TPSA) is 53.4 Å². The molecule has 19 heavy (non-hydrogen) atoms. The molecule has 0 unspecified atom stereocenters. The quantitative estimate of drug-likeness (QED) is 0.606. The van der Waals surface area contributed by atoms with Crippen LogP contribution in [0.3, 0.4) is 0 Å². The Labute approximate surface area is 114 Å². The summed E-state index contributed by atoms with van der Waals surface area (Å²) in [6.45, 7) is 5.18. The molecule has 4 nitrogen and oxygen atoms in total. The molecule has 1 heterocycles. The number of hydrogen-bond donors (Lipinski definition) is 1. The lowest BCUT2D eigenvalue weighted by Gasteiger charge is -2.20. The number of carbonyl (C=O) groups is 1. The van der Waals surface area contributed by atoms with Gasteiger partial charge in [0.15, 0.2) is 0 Å². The van der Waals surface area contributed by atoms with Crippen LogP contribution in [0.25, 0.3) is 6.08 Å². The zero-order chi connectivity index (χ0) is 14.3. The average Bonchev–Trinajstić information content (AvgIpc) is 2.36. The number of anilines is 1. The van der Waals surface area contributed by atoms with Crippen LogP contribution >= 0.6 is 0 Å². The predicted molar refractivity (Wildman–Crippen MR) is 78.4 cm³/mol. The van der Waals surface area contributed by atoms with E-state index >= 15 is 0 Å². The number of hydrogen-bond acceptors (Lipinski definition) is 3. The minimum Gasteiger partial charge on any atom is -0.478 e. The van der Waals surface area contributed by atoms with Crippen LogP contribution in [-0.2, 0) is 4.79 Å². The van der Waals surface area contributed by atoms with Crippen LogP contribution in [0.4, 0.5) is 5.82 Å². The molecular weight excluding hydrogens is 240 g/mol. The average molecular weight is 262 g/mol. The standard InChI is InChI=1S/C15H22N2O2/c1-4-5-6-9-17(3)15-12(2)10-13(11-16-15)7-8-14(18)19/h7-8,10-11H,4-6,9H2,1-3H3,(H,18,19)/b8-7+. The third-order valence-corrected chi connectivity index (χ3v) is 2.95. The van der Waals surface area contributed by atoms with Crippen molar-refractivity contribution in [2.45, 2.75) is 33.1 Å². The van der Waals surface area contributed by atoms with Crippen molar-refractivity contribution in [1.29, 1.82) is 0 Å². The Bertz CT molecular complexity index is 455. The molecule has 0 spiro atoms. The van der Waals surface area contributed by atoms with Crippen LogP contribution < -0.4 is 4.90 Å². The first-order valence-corrected chi connectivity index (χ1v) is 6.63. The Morgan fingerprint density at radius 1 is 1.47 bits per heavy atom. The van der Waals surface area contributed by atoms with Crippen LogP contribution in [0.1, 0.15) is 37.3 Å². The van der Waals surface area contributed by atoms with Crippen molar-refractivity contribution in [2.75, 3.05) is 18.5 Å². The minimum absolute atomic E-state index is 0.811. The van der Waals surface area contributed by atoms with Gasteiger partial charge >= 0.3 is 5.97 Å². The molecule has 0 amide bonds. The lowest BCUT2D eigenvalue weighted by Crippen LogP contribution is -2.20. The Hall–Kier alpha value is -1.84. The number of aliphatic carboxylic acids is 1. The molecule has 1 aromatic rings. The molecular formula is C15H22N2O2. The molecule has 4 heteroatoms. The summed E-state index contributed by atoms with van der Waals surface area (Å²) in [5, 5.41) is 8.59. The van der Waals surface area contributed by atoms with Gasteiger partial charge in [-0.25, -0.2) is 9.78 Å². The molecule has 0 aliphatic carbocycles. The van der Waals surface area contributed by atoms with Crippen LogP contribution in [0.5, 0.6) is 0 Å². The zero-order valence-electron chi connectivity index (χ0n) is 11.9. The van der Waals surface area contributed by atoms with E-state index in [2.05, 4.69) is 16.8 Å². The highest BCUT2D eigenvalue weighted by Crippen LogP contribution is 2.18. The molecule has 1 rings (SSSR count). The highest BCUT2D eigenvalue weighted by atomic mass is 16.4.